The molecule has 0 spiro atoms. The van der Waals surface area contributed by atoms with Crippen LogP contribution < -0.4 is 5.32 Å². The molecule has 0 aliphatic carbocycles. The number of ether oxygens (including phenoxy) is 11. The predicted octanol–water partition coefficient (Wildman–Crippen LogP) is 8.80. The van der Waals surface area contributed by atoms with Crippen LogP contribution >= 0.6 is 0 Å². The third-order valence-electron chi connectivity index (χ3n) is 23.3. The van der Waals surface area contributed by atoms with E-state index in [4.69, 9.17) is 52.1 Å². The average Bonchev–Trinajstić information content (AvgIpc) is 1.52. The fourth-order valence-corrected chi connectivity index (χ4v) is 17.0. The van der Waals surface area contributed by atoms with Gasteiger partial charge in [-0.1, -0.05) is 108 Å². The summed E-state index contributed by atoms with van der Waals surface area (Å²) in [5.41, 5.74) is -4.82. The Hall–Kier alpha value is -6.44. The highest BCUT2D eigenvalue weighted by Crippen LogP contribution is 2.43. The lowest BCUT2D eigenvalue weighted by atomic mass is 9.77. The minimum Gasteiger partial charge on any atom is -0.459 e. The van der Waals surface area contributed by atoms with Gasteiger partial charge in [-0.2, -0.15) is 0 Å². The van der Waals surface area contributed by atoms with Crippen LogP contribution in [0.4, 0.5) is 9.59 Å². The Bertz CT molecular complexity index is 3430. The van der Waals surface area contributed by atoms with Gasteiger partial charge in [-0.15, -0.1) is 0 Å². The second-order valence-electron chi connectivity index (χ2n) is 33.3. The van der Waals surface area contributed by atoms with Gasteiger partial charge >= 0.3 is 36.1 Å². The van der Waals surface area contributed by atoms with Gasteiger partial charge in [-0.3, -0.25) is 14.5 Å². The smallest absolute Gasteiger partial charge is 0.459 e. The summed E-state index contributed by atoms with van der Waals surface area (Å²) < 4.78 is 68.6. The van der Waals surface area contributed by atoms with Gasteiger partial charge in [0.2, 0.25) is 0 Å². The topological polar surface area (TPSA) is 330 Å². The van der Waals surface area contributed by atoms with Crippen molar-refractivity contribution < 1.29 is 106 Å². The summed E-state index contributed by atoms with van der Waals surface area (Å²) in [6.07, 6.45) is -13.4. The zero-order valence-corrected chi connectivity index (χ0v) is 68.8. The second kappa shape index (κ2) is 39.1. The molecule has 6 N–H and O–H groups in total. The van der Waals surface area contributed by atoms with Crippen molar-refractivity contribution in [3.05, 3.63) is 108 Å². The molecule has 618 valence electrons. The number of carbonyl (C=O) groups is 6. The summed E-state index contributed by atoms with van der Waals surface area (Å²) in [7, 11) is 11.3. The van der Waals surface area contributed by atoms with E-state index >= 15 is 0 Å². The minimum absolute atomic E-state index is 0.148. The number of carbonyl (C=O) groups excluding carboxylic acids is 6. The molecule has 8 rings (SSSR count). The van der Waals surface area contributed by atoms with E-state index in [0.717, 1.165) is 5.56 Å². The molecule has 0 bridgehead atoms. The van der Waals surface area contributed by atoms with Crippen molar-refractivity contribution in [2.24, 2.45) is 35.5 Å². The van der Waals surface area contributed by atoms with Crippen molar-refractivity contribution in [2.45, 2.75) is 288 Å². The van der Waals surface area contributed by atoms with E-state index in [0.29, 0.717) is 37.1 Å². The standard InChI is InChI=1S/C46H67N3O12.C37H62N2O10/c1-12-35-46(8)39(60-44(53)61-46)31(6)49(11)26-27(2)24-45(7,54)38(29(4)36(30(5)40(50)56-35)58-43(52)47-25-32-19-15-13-16-20-32)59-42-37(34(48(9)10)23-28(3)55-42)57-41(51)33-21-17-14-18-22-33;1-12-28-37(8,45)31(41)25(6)39(11)20-21(2)19-36(7,44)32(23(4)29(40)24(5)33(42)47-28)49-35-30(27(38(9)10)18-22(3)46-35)48-34(43)26-16-14-13-15-17-26/h13-22,27-31,34-39,42,54H,12,23-26H2,1-11H3,(H,47,52);13-17,21-25,27-32,35,40-41,44-45H,12,18-20H2,1-11H3/t27-,28-,29+,30-,31-,34+,35-,36+,37-,38-,39-,42+,45-,46-;21-,22-,23+,24-,25-,27+,28-,29+,30-,31-,32-,35+,36-,37-/m11/s1. The van der Waals surface area contributed by atoms with Gasteiger partial charge < -0.3 is 97.7 Å². The van der Waals surface area contributed by atoms with Gasteiger partial charge in [-0.25, -0.2) is 19.2 Å². The number of esters is 4. The Balaban J connectivity index is 0.000000314. The molecule has 5 aliphatic heterocycles. The van der Waals surface area contributed by atoms with Crippen LogP contribution in [-0.2, 0) is 68.2 Å². The van der Waals surface area contributed by atoms with Crippen LogP contribution in [0.2, 0.25) is 0 Å². The first-order valence-electron chi connectivity index (χ1n) is 39.2. The van der Waals surface area contributed by atoms with Crippen LogP contribution in [0, 0.1) is 35.5 Å². The maximum atomic E-state index is 14.5. The molecule has 0 radical (unpaired) electrons. The first-order valence-corrected chi connectivity index (χ1v) is 39.2. The molecule has 3 aromatic carbocycles. The van der Waals surface area contributed by atoms with E-state index in [1.54, 1.807) is 104 Å². The van der Waals surface area contributed by atoms with E-state index in [2.05, 4.69) is 5.32 Å². The van der Waals surface area contributed by atoms with Crippen LogP contribution in [0.5, 0.6) is 0 Å². The van der Waals surface area contributed by atoms with Crippen molar-refractivity contribution in [1.29, 1.82) is 0 Å². The SMILES string of the molecule is CC[C@H]1OC(=O)[C@H](C)[C@@H](O)[C@H](C)[C@@H](O[C@@H]2O[C@H](C)C[C@H](N(C)C)[C@H]2OC(=O)c2ccccc2)[C@](C)(O)C[C@@H](C)CN(C)[C@H](C)[C@@H](O)[C@]1(C)O.CC[C@H]1OC(=O)[C@H](C)[C@@H](OC(=O)NCc2ccccc2)[C@H](C)[C@@H](O[C@@H]2O[C@H](C)C[C@H](N(C)C)[C@H]2OC(=O)c2ccccc2)[C@](C)(O)C[C@@H](C)CN(C)[C@H](C)[C@H]2OC(=O)O[C@@]21C. The molecular formula is C83H129N5O22. The number of hydrogen-bond acceptors (Lipinski definition) is 26. The molecule has 3 aromatic rings. The lowest BCUT2D eigenvalue weighted by Gasteiger charge is -2.47. The lowest BCUT2D eigenvalue weighted by Crippen LogP contribution is -2.60. The van der Waals surface area contributed by atoms with E-state index < -0.39 is 168 Å². The fourth-order valence-electron chi connectivity index (χ4n) is 17.0. The average molecular weight is 1550 g/mol. The zero-order chi connectivity index (χ0) is 81.8. The maximum absolute atomic E-state index is 14.5. The monoisotopic (exact) mass is 1550 g/mol. The summed E-state index contributed by atoms with van der Waals surface area (Å²) in [5.74, 6) is -6.91. The molecule has 5 heterocycles. The number of cyclic esters (lactones) is 2. The lowest BCUT2D eigenvalue weighted by molar-refractivity contribution is -0.298. The quantitative estimate of drug-likeness (QED) is 0.0611. The third-order valence-corrected chi connectivity index (χ3v) is 23.3. The number of nitrogens with one attached hydrogen (secondary N) is 1. The van der Waals surface area contributed by atoms with Crippen molar-refractivity contribution in [1.82, 2.24) is 24.9 Å². The number of likely N-dealkylation sites (N-methyl/N-ethyl adjacent to an activating group) is 4. The number of hydrogen-bond donors (Lipinski definition) is 6. The van der Waals surface area contributed by atoms with Gasteiger partial charge in [-0.05, 0) is 192 Å². The Labute approximate surface area is 651 Å². The number of amides is 1. The molecule has 28 atom stereocenters. The van der Waals surface area contributed by atoms with Crippen LogP contribution in [0.1, 0.15) is 176 Å². The predicted molar refractivity (Wildman–Crippen MR) is 410 cm³/mol. The Kier molecular flexibility index (Phi) is 32.2. The number of nitrogens with zero attached hydrogens (tertiary/aromatic N) is 4. The summed E-state index contributed by atoms with van der Waals surface area (Å²) in [6, 6.07) is 25.0. The van der Waals surface area contributed by atoms with Gasteiger partial charge in [0, 0.05) is 43.6 Å². The van der Waals surface area contributed by atoms with Crippen molar-refractivity contribution >= 4 is 36.1 Å². The Morgan fingerprint density at radius 2 is 0.973 bits per heavy atom. The molecule has 27 nitrogen and oxygen atoms in total. The van der Waals surface area contributed by atoms with E-state index in [-0.39, 0.29) is 68.4 Å². The molecular weight excluding hydrogens is 1420 g/mol. The molecule has 110 heavy (non-hydrogen) atoms. The van der Waals surface area contributed by atoms with Gasteiger partial charge in [0.1, 0.15) is 30.0 Å². The molecule has 5 fully saturated rings. The van der Waals surface area contributed by atoms with Crippen molar-refractivity contribution in [3.8, 4) is 0 Å². The second-order valence-corrected chi connectivity index (χ2v) is 33.3. The number of aliphatic hydroxyl groups is 5. The Morgan fingerprint density at radius 3 is 1.42 bits per heavy atom. The highest BCUT2D eigenvalue weighted by atomic mass is 16.8. The number of fused-ring (bicyclic) bond motifs is 1. The van der Waals surface area contributed by atoms with Gasteiger partial charge in [0.05, 0.1) is 76.8 Å². The molecule has 1 amide bonds. The first-order chi connectivity index (χ1) is 51.5. The summed E-state index contributed by atoms with van der Waals surface area (Å²) in [5, 5.41) is 62.3. The zero-order valence-electron chi connectivity index (χ0n) is 68.8. The Morgan fingerprint density at radius 1 is 0.555 bits per heavy atom. The highest BCUT2D eigenvalue weighted by molar-refractivity contribution is 5.90. The van der Waals surface area contributed by atoms with Crippen LogP contribution in [0.25, 0.3) is 0 Å². The summed E-state index contributed by atoms with van der Waals surface area (Å²) >= 11 is 0. The largest absolute Gasteiger partial charge is 0.509 e. The van der Waals surface area contributed by atoms with Gasteiger partial charge in [0.15, 0.2) is 36.5 Å². The first kappa shape index (κ1) is 90.7. The number of alkyl carbamates (subject to hydrolysis) is 1. The maximum Gasteiger partial charge on any atom is 0.509 e. The minimum atomic E-state index is -1.78. The molecule has 0 unspecified atom stereocenters. The molecule has 0 aromatic heterocycles. The number of rotatable bonds is 15. The van der Waals surface area contributed by atoms with Crippen molar-refractivity contribution in [2.75, 3.05) is 55.4 Å². The summed E-state index contributed by atoms with van der Waals surface area (Å²) in [4.78, 5) is 89.4. The van der Waals surface area contributed by atoms with E-state index in [9.17, 15) is 54.3 Å². The number of aliphatic hydroxyl groups excluding tert-OH is 2. The molecule has 0 saturated carbocycles. The van der Waals surface area contributed by atoms with E-state index in [1.165, 1.54) is 13.8 Å². The van der Waals surface area contributed by atoms with E-state index in [1.807, 2.05) is 146 Å². The normalized spacial score (nSPS) is 39.1. The molecule has 5 aliphatic rings. The molecule has 27 heteroatoms. The van der Waals surface area contributed by atoms with Gasteiger partial charge in [0.25, 0.3) is 0 Å². The fraction of sp³-hybridized carbons (Fsp3) is 0.711. The van der Waals surface area contributed by atoms with Crippen LogP contribution in [-0.4, -0.2) is 269 Å². The highest BCUT2D eigenvalue weighted by Gasteiger charge is 2.59. The third kappa shape index (κ3) is 22.5. The summed E-state index contributed by atoms with van der Waals surface area (Å²) in [6.45, 7) is 29.1. The number of benzene rings is 3. The van der Waals surface area contributed by atoms with Crippen molar-refractivity contribution in [3.63, 3.8) is 0 Å². The van der Waals surface area contributed by atoms with Crippen LogP contribution in [0.3, 0.4) is 0 Å². The van der Waals surface area contributed by atoms with Crippen LogP contribution in [0.15, 0.2) is 91.0 Å². The molecule has 5 saturated heterocycles.